The van der Waals surface area contributed by atoms with Gasteiger partial charge < -0.3 is 4.90 Å². The molecule has 122 valence electrons. The van der Waals surface area contributed by atoms with E-state index in [1.54, 1.807) is 6.92 Å². The second kappa shape index (κ2) is 7.11. The molecular weight excluding hydrogens is 297 g/mol. The first-order chi connectivity index (χ1) is 10.4. The Morgan fingerprint density at radius 1 is 1.32 bits per heavy atom. The maximum Gasteiger partial charge on any atom is 0.471 e. The first-order valence-corrected chi connectivity index (χ1v) is 7.17. The SMILES string of the molecule is C[C@@H]1CC[C@@H](NOCc2ccccc2)CN1C(=O)C(F)(F)F. The number of hydrogen-bond donors (Lipinski definition) is 1. The first kappa shape index (κ1) is 16.8. The fraction of sp³-hybridized carbons (Fsp3) is 0.533. The Balaban J connectivity index is 1.84. The van der Waals surface area contributed by atoms with Crippen LogP contribution in [0.3, 0.4) is 0 Å². The van der Waals surface area contributed by atoms with Crippen molar-refractivity contribution in [3.8, 4) is 0 Å². The van der Waals surface area contributed by atoms with Crippen LogP contribution in [0.4, 0.5) is 13.2 Å². The number of carbonyl (C=O) groups is 1. The number of nitrogens with one attached hydrogen (secondary N) is 1. The highest BCUT2D eigenvalue weighted by Crippen LogP contribution is 2.25. The molecule has 0 radical (unpaired) electrons. The molecule has 0 aliphatic carbocycles. The molecule has 22 heavy (non-hydrogen) atoms. The zero-order chi connectivity index (χ0) is 16.2. The second-order valence-corrected chi connectivity index (χ2v) is 5.47. The molecule has 1 heterocycles. The summed E-state index contributed by atoms with van der Waals surface area (Å²) >= 11 is 0. The van der Waals surface area contributed by atoms with Gasteiger partial charge in [-0.1, -0.05) is 30.3 Å². The van der Waals surface area contributed by atoms with E-state index >= 15 is 0 Å². The number of hydrogen-bond acceptors (Lipinski definition) is 3. The third-order valence-corrected chi connectivity index (χ3v) is 3.72. The van der Waals surface area contributed by atoms with Crippen molar-refractivity contribution >= 4 is 5.91 Å². The number of likely N-dealkylation sites (tertiary alicyclic amines) is 1. The van der Waals surface area contributed by atoms with Gasteiger partial charge in [-0.3, -0.25) is 9.63 Å². The molecule has 1 saturated heterocycles. The molecular formula is C15H19F3N2O2. The molecule has 0 spiro atoms. The molecule has 0 unspecified atom stereocenters. The van der Waals surface area contributed by atoms with Crippen molar-refractivity contribution < 1.29 is 22.8 Å². The fourth-order valence-corrected chi connectivity index (χ4v) is 2.47. The highest BCUT2D eigenvalue weighted by Gasteiger charge is 2.45. The molecule has 0 bridgehead atoms. The van der Waals surface area contributed by atoms with Gasteiger partial charge in [0.2, 0.25) is 0 Å². The zero-order valence-corrected chi connectivity index (χ0v) is 12.3. The van der Waals surface area contributed by atoms with Crippen molar-refractivity contribution in [1.29, 1.82) is 0 Å². The summed E-state index contributed by atoms with van der Waals surface area (Å²) in [4.78, 5) is 17.6. The summed E-state index contributed by atoms with van der Waals surface area (Å²) in [7, 11) is 0. The number of carbonyl (C=O) groups excluding carboxylic acids is 1. The molecule has 1 aromatic rings. The third kappa shape index (κ3) is 4.45. The molecule has 0 aromatic heterocycles. The Bertz CT molecular complexity index is 493. The van der Waals surface area contributed by atoms with Crippen molar-refractivity contribution in [2.24, 2.45) is 0 Å². The first-order valence-electron chi connectivity index (χ1n) is 7.17. The average molecular weight is 316 g/mol. The van der Waals surface area contributed by atoms with E-state index in [1.165, 1.54) is 0 Å². The van der Waals surface area contributed by atoms with E-state index < -0.39 is 18.1 Å². The number of rotatable bonds is 4. The minimum Gasteiger partial charge on any atom is -0.331 e. The van der Waals surface area contributed by atoms with Crippen LogP contribution in [-0.2, 0) is 16.2 Å². The number of amides is 1. The van der Waals surface area contributed by atoms with Gasteiger partial charge in [-0.15, -0.1) is 0 Å². The highest BCUT2D eigenvalue weighted by molar-refractivity contribution is 5.82. The van der Waals surface area contributed by atoms with Crippen LogP contribution >= 0.6 is 0 Å². The maximum absolute atomic E-state index is 12.6. The molecule has 1 amide bonds. The van der Waals surface area contributed by atoms with Gasteiger partial charge in [0, 0.05) is 18.6 Å². The molecule has 1 N–H and O–H groups in total. The van der Waals surface area contributed by atoms with Crippen LogP contribution in [0.15, 0.2) is 30.3 Å². The Hall–Kier alpha value is -1.60. The van der Waals surface area contributed by atoms with Gasteiger partial charge in [-0.25, -0.2) is 0 Å². The van der Waals surface area contributed by atoms with Gasteiger partial charge in [0.1, 0.15) is 0 Å². The minimum atomic E-state index is -4.83. The highest BCUT2D eigenvalue weighted by atomic mass is 19.4. The summed E-state index contributed by atoms with van der Waals surface area (Å²) in [5.74, 6) is -1.78. The zero-order valence-electron chi connectivity index (χ0n) is 12.3. The topological polar surface area (TPSA) is 41.6 Å². The van der Waals surface area contributed by atoms with E-state index in [-0.39, 0.29) is 12.6 Å². The third-order valence-electron chi connectivity index (χ3n) is 3.72. The lowest BCUT2D eigenvalue weighted by molar-refractivity contribution is -0.190. The van der Waals surface area contributed by atoms with Crippen molar-refractivity contribution in [3.05, 3.63) is 35.9 Å². The van der Waals surface area contributed by atoms with Crippen LogP contribution in [0.5, 0.6) is 0 Å². The number of piperidine rings is 1. The van der Waals surface area contributed by atoms with Gasteiger partial charge >= 0.3 is 12.1 Å². The van der Waals surface area contributed by atoms with Gasteiger partial charge in [-0.2, -0.15) is 18.7 Å². The molecule has 1 aromatic carbocycles. The average Bonchev–Trinajstić information content (AvgIpc) is 2.48. The van der Waals surface area contributed by atoms with Gasteiger partial charge in [0.25, 0.3) is 0 Å². The number of alkyl halides is 3. The lowest BCUT2D eigenvalue weighted by Gasteiger charge is -2.38. The molecule has 2 rings (SSSR count). The van der Waals surface area contributed by atoms with Crippen molar-refractivity contribution in [2.75, 3.05) is 6.54 Å². The largest absolute Gasteiger partial charge is 0.471 e. The predicted molar refractivity (Wildman–Crippen MR) is 74.6 cm³/mol. The monoisotopic (exact) mass is 316 g/mol. The van der Waals surface area contributed by atoms with Crippen LogP contribution in [-0.4, -0.2) is 35.6 Å². The number of halogens is 3. The Labute approximate surface area is 127 Å². The number of nitrogens with zero attached hydrogens (tertiary/aromatic N) is 1. The van der Waals surface area contributed by atoms with Gasteiger partial charge in [-0.05, 0) is 25.3 Å². The Morgan fingerprint density at radius 2 is 2.00 bits per heavy atom. The summed E-state index contributed by atoms with van der Waals surface area (Å²) in [6.07, 6.45) is -3.66. The Kier molecular flexibility index (Phi) is 5.42. The molecule has 7 heteroatoms. The molecule has 1 aliphatic rings. The van der Waals surface area contributed by atoms with Crippen molar-refractivity contribution in [3.63, 3.8) is 0 Å². The summed E-state index contributed by atoms with van der Waals surface area (Å²) in [5, 5.41) is 0. The van der Waals surface area contributed by atoms with E-state index in [4.69, 9.17) is 4.84 Å². The van der Waals surface area contributed by atoms with Crippen molar-refractivity contribution in [1.82, 2.24) is 10.4 Å². The molecule has 4 nitrogen and oxygen atoms in total. The van der Waals surface area contributed by atoms with Gasteiger partial charge in [0.15, 0.2) is 0 Å². The van der Waals surface area contributed by atoms with Crippen LogP contribution in [0.25, 0.3) is 0 Å². The Morgan fingerprint density at radius 3 is 2.64 bits per heavy atom. The lowest BCUT2D eigenvalue weighted by Crippen LogP contribution is -2.55. The van der Waals surface area contributed by atoms with E-state index in [1.807, 2.05) is 30.3 Å². The molecule has 1 fully saturated rings. The fourth-order valence-electron chi connectivity index (χ4n) is 2.47. The summed E-state index contributed by atoms with van der Waals surface area (Å²) in [5.41, 5.74) is 3.73. The smallest absolute Gasteiger partial charge is 0.331 e. The molecule has 0 saturated carbocycles. The molecule has 2 atom stereocenters. The van der Waals surface area contributed by atoms with Crippen LogP contribution in [0.1, 0.15) is 25.3 Å². The van der Waals surface area contributed by atoms with E-state index in [2.05, 4.69) is 5.48 Å². The summed E-state index contributed by atoms with van der Waals surface area (Å²) < 4.78 is 37.7. The quantitative estimate of drug-likeness (QED) is 0.868. The summed E-state index contributed by atoms with van der Waals surface area (Å²) in [6, 6.07) is 8.72. The van der Waals surface area contributed by atoms with E-state index in [0.717, 1.165) is 10.5 Å². The van der Waals surface area contributed by atoms with Gasteiger partial charge in [0.05, 0.1) is 6.61 Å². The van der Waals surface area contributed by atoms with Crippen LogP contribution in [0.2, 0.25) is 0 Å². The standard InChI is InChI=1S/C15H19F3N2O2/c1-11-7-8-13(9-20(11)14(21)15(16,17)18)19-22-10-12-5-3-2-4-6-12/h2-6,11,13,19H,7-10H2,1H3/t11-,13-/m1/s1. The normalized spacial score (nSPS) is 22.6. The number of benzene rings is 1. The van der Waals surface area contributed by atoms with Crippen LogP contribution in [0, 0.1) is 0 Å². The van der Waals surface area contributed by atoms with E-state index in [9.17, 15) is 18.0 Å². The van der Waals surface area contributed by atoms with Crippen LogP contribution < -0.4 is 5.48 Å². The lowest BCUT2D eigenvalue weighted by atomic mass is 10.00. The van der Waals surface area contributed by atoms with E-state index in [0.29, 0.717) is 19.4 Å². The molecule has 1 aliphatic heterocycles. The number of hydroxylamine groups is 1. The second-order valence-electron chi connectivity index (χ2n) is 5.47. The maximum atomic E-state index is 12.6. The van der Waals surface area contributed by atoms with Crippen molar-refractivity contribution in [2.45, 2.75) is 44.6 Å². The predicted octanol–water partition coefficient (Wildman–Crippen LogP) is 2.65. The summed E-state index contributed by atoms with van der Waals surface area (Å²) in [6.45, 7) is 1.94. The minimum absolute atomic E-state index is 0.00566.